The van der Waals surface area contributed by atoms with Gasteiger partial charge in [-0.1, -0.05) is 35.5 Å². The SMILES string of the molecule is Cc1ccc(Sc2nccnc2N2CCCC(C(=O)Nc3cccc(F)c3)C2)cc1. The number of nitrogens with zero attached hydrogens (tertiary/aromatic N) is 3. The van der Waals surface area contributed by atoms with Gasteiger partial charge in [0.25, 0.3) is 0 Å². The van der Waals surface area contributed by atoms with E-state index in [1.165, 1.54) is 17.7 Å². The molecule has 0 spiro atoms. The molecular weight excluding hydrogens is 399 g/mol. The van der Waals surface area contributed by atoms with Crippen LogP contribution in [-0.2, 0) is 4.79 Å². The van der Waals surface area contributed by atoms with Gasteiger partial charge in [-0.15, -0.1) is 0 Å². The highest BCUT2D eigenvalue weighted by molar-refractivity contribution is 7.99. The number of rotatable bonds is 5. The summed E-state index contributed by atoms with van der Waals surface area (Å²) in [5, 5.41) is 3.66. The summed E-state index contributed by atoms with van der Waals surface area (Å²) in [4.78, 5) is 25.1. The number of piperidine rings is 1. The van der Waals surface area contributed by atoms with E-state index in [1.807, 2.05) is 0 Å². The predicted molar refractivity (Wildman–Crippen MR) is 117 cm³/mol. The fourth-order valence-electron chi connectivity index (χ4n) is 3.52. The van der Waals surface area contributed by atoms with Crippen molar-refractivity contribution < 1.29 is 9.18 Å². The Morgan fingerprint density at radius 3 is 2.77 bits per heavy atom. The number of aryl methyl sites for hydroxylation is 1. The summed E-state index contributed by atoms with van der Waals surface area (Å²) < 4.78 is 13.4. The van der Waals surface area contributed by atoms with Crippen molar-refractivity contribution in [2.75, 3.05) is 23.3 Å². The minimum absolute atomic E-state index is 0.0954. The highest BCUT2D eigenvalue weighted by Gasteiger charge is 2.28. The van der Waals surface area contributed by atoms with Gasteiger partial charge >= 0.3 is 0 Å². The van der Waals surface area contributed by atoms with Crippen LogP contribution in [0.5, 0.6) is 0 Å². The molecular formula is C23H23FN4OS. The maximum absolute atomic E-state index is 13.4. The zero-order chi connectivity index (χ0) is 20.9. The zero-order valence-corrected chi connectivity index (χ0v) is 17.5. The van der Waals surface area contributed by atoms with Gasteiger partial charge in [-0.25, -0.2) is 14.4 Å². The van der Waals surface area contributed by atoms with Gasteiger partial charge in [0.1, 0.15) is 10.8 Å². The second kappa shape index (κ2) is 9.26. The summed E-state index contributed by atoms with van der Waals surface area (Å²) >= 11 is 1.57. The molecule has 30 heavy (non-hydrogen) atoms. The highest BCUT2D eigenvalue weighted by Crippen LogP contribution is 2.34. The molecule has 1 atom stereocenters. The molecule has 2 aromatic carbocycles. The average molecular weight is 423 g/mol. The van der Waals surface area contributed by atoms with Crippen molar-refractivity contribution in [3.05, 3.63) is 72.3 Å². The molecule has 2 heterocycles. The molecule has 1 aliphatic rings. The maximum Gasteiger partial charge on any atom is 0.229 e. The van der Waals surface area contributed by atoms with Gasteiger partial charge in [0.2, 0.25) is 5.91 Å². The van der Waals surface area contributed by atoms with Crippen molar-refractivity contribution in [1.29, 1.82) is 0 Å². The van der Waals surface area contributed by atoms with Gasteiger partial charge in [-0.2, -0.15) is 0 Å². The summed E-state index contributed by atoms with van der Waals surface area (Å²) in [5.74, 6) is 0.143. The Morgan fingerprint density at radius 1 is 1.17 bits per heavy atom. The normalized spacial score (nSPS) is 16.3. The summed E-state index contributed by atoms with van der Waals surface area (Å²) in [6, 6.07) is 14.3. The van der Waals surface area contributed by atoms with Gasteiger partial charge in [0, 0.05) is 36.1 Å². The number of hydrogen-bond acceptors (Lipinski definition) is 5. The minimum Gasteiger partial charge on any atom is -0.354 e. The number of halogens is 1. The van der Waals surface area contributed by atoms with E-state index in [1.54, 1.807) is 36.3 Å². The summed E-state index contributed by atoms with van der Waals surface area (Å²) in [5.41, 5.74) is 1.69. The largest absolute Gasteiger partial charge is 0.354 e. The van der Waals surface area contributed by atoms with Crippen LogP contribution in [0.25, 0.3) is 0 Å². The lowest BCUT2D eigenvalue weighted by atomic mass is 9.97. The number of carbonyl (C=O) groups is 1. The Hall–Kier alpha value is -2.93. The molecule has 1 aliphatic heterocycles. The average Bonchev–Trinajstić information content (AvgIpc) is 2.76. The standard InChI is InChI=1S/C23H23FN4OS/c1-16-7-9-20(10-8-16)30-23-21(25-11-12-26-23)28-13-3-4-17(15-28)22(29)27-19-6-2-5-18(24)14-19/h2,5-12,14,17H,3-4,13,15H2,1H3,(H,27,29). The Kier molecular flexibility index (Phi) is 6.28. The molecule has 1 unspecified atom stereocenters. The van der Waals surface area contributed by atoms with E-state index in [9.17, 15) is 9.18 Å². The first-order valence-corrected chi connectivity index (χ1v) is 10.8. The van der Waals surface area contributed by atoms with Gasteiger partial charge in [-0.3, -0.25) is 4.79 Å². The first-order chi connectivity index (χ1) is 14.6. The fraction of sp³-hybridized carbons (Fsp3) is 0.261. The van der Waals surface area contributed by atoms with E-state index in [0.29, 0.717) is 12.2 Å². The molecule has 1 N–H and O–H groups in total. The summed E-state index contributed by atoms with van der Waals surface area (Å²) in [6.45, 7) is 3.44. The topological polar surface area (TPSA) is 58.1 Å². The monoisotopic (exact) mass is 422 g/mol. The third-order valence-corrected chi connectivity index (χ3v) is 6.06. The Bertz CT molecular complexity index is 1030. The van der Waals surface area contributed by atoms with Gasteiger partial charge in [-0.05, 0) is 50.1 Å². The van der Waals surface area contributed by atoms with Crippen molar-refractivity contribution in [1.82, 2.24) is 9.97 Å². The van der Waals surface area contributed by atoms with Crippen LogP contribution in [0.3, 0.4) is 0 Å². The van der Waals surface area contributed by atoms with Crippen LogP contribution in [-0.4, -0.2) is 29.0 Å². The number of hydrogen-bond donors (Lipinski definition) is 1. The Labute approximate surface area is 179 Å². The predicted octanol–water partition coefficient (Wildman–Crippen LogP) is 4.93. The maximum atomic E-state index is 13.4. The van der Waals surface area contributed by atoms with Gasteiger partial charge in [0.05, 0.1) is 5.92 Å². The van der Waals surface area contributed by atoms with Gasteiger partial charge < -0.3 is 10.2 Å². The fourth-order valence-corrected chi connectivity index (χ4v) is 4.40. The van der Waals surface area contributed by atoms with E-state index in [4.69, 9.17) is 0 Å². The lowest BCUT2D eigenvalue weighted by Crippen LogP contribution is -2.41. The smallest absolute Gasteiger partial charge is 0.229 e. The van der Waals surface area contributed by atoms with Crippen LogP contribution >= 0.6 is 11.8 Å². The van der Waals surface area contributed by atoms with E-state index in [-0.39, 0.29) is 17.6 Å². The van der Waals surface area contributed by atoms with E-state index < -0.39 is 0 Å². The number of carbonyl (C=O) groups excluding carboxylic acids is 1. The zero-order valence-electron chi connectivity index (χ0n) is 16.7. The molecule has 4 rings (SSSR count). The van der Waals surface area contributed by atoms with E-state index >= 15 is 0 Å². The number of benzene rings is 2. The Morgan fingerprint density at radius 2 is 1.97 bits per heavy atom. The molecule has 154 valence electrons. The van der Waals surface area contributed by atoms with Crippen LogP contribution < -0.4 is 10.2 Å². The van der Waals surface area contributed by atoms with Crippen molar-refractivity contribution in [2.45, 2.75) is 29.7 Å². The number of aromatic nitrogens is 2. The first-order valence-electron chi connectivity index (χ1n) is 9.95. The van der Waals surface area contributed by atoms with E-state index in [2.05, 4.69) is 51.4 Å². The van der Waals surface area contributed by atoms with Crippen molar-refractivity contribution >= 4 is 29.2 Å². The lowest BCUT2D eigenvalue weighted by molar-refractivity contribution is -0.120. The number of amides is 1. The molecule has 0 bridgehead atoms. The van der Waals surface area contributed by atoms with Crippen molar-refractivity contribution in [3.8, 4) is 0 Å². The first kappa shape index (κ1) is 20.3. The number of nitrogens with one attached hydrogen (secondary N) is 1. The third-order valence-electron chi connectivity index (χ3n) is 5.07. The van der Waals surface area contributed by atoms with Crippen LogP contribution in [0, 0.1) is 18.7 Å². The molecule has 1 fully saturated rings. The Balaban J connectivity index is 1.48. The second-order valence-corrected chi connectivity index (χ2v) is 8.45. The highest BCUT2D eigenvalue weighted by atomic mass is 32.2. The third kappa shape index (κ3) is 4.97. The molecule has 0 aliphatic carbocycles. The van der Waals surface area contributed by atoms with Crippen LogP contribution in [0.4, 0.5) is 15.9 Å². The lowest BCUT2D eigenvalue weighted by Gasteiger charge is -2.33. The van der Waals surface area contributed by atoms with Crippen molar-refractivity contribution in [2.24, 2.45) is 5.92 Å². The van der Waals surface area contributed by atoms with Crippen molar-refractivity contribution in [3.63, 3.8) is 0 Å². The molecule has 1 amide bonds. The molecule has 1 aromatic heterocycles. The van der Waals surface area contributed by atoms with Crippen LogP contribution in [0.15, 0.2) is 70.8 Å². The second-order valence-electron chi connectivity index (χ2n) is 7.38. The molecule has 0 radical (unpaired) electrons. The summed E-state index contributed by atoms with van der Waals surface area (Å²) in [7, 11) is 0. The quantitative estimate of drug-likeness (QED) is 0.632. The minimum atomic E-state index is -0.365. The molecule has 1 saturated heterocycles. The van der Waals surface area contributed by atoms with Crippen LogP contribution in [0.1, 0.15) is 18.4 Å². The molecule has 0 saturated carbocycles. The molecule has 3 aromatic rings. The van der Waals surface area contributed by atoms with Gasteiger partial charge in [0.15, 0.2) is 5.82 Å². The van der Waals surface area contributed by atoms with Crippen LogP contribution in [0.2, 0.25) is 0 Å². The van der Waals surface area contributed by atoms with E-state index in [0.717, 1.165) is 35.1 Å². The summed E-state index contributed by atoms with van der Waals surface area (Å²) in [6.07, 6.45) is 5.05. The number of anilines is 2. The molecule has 7 heteroatoms. The molecule has 5 nitrogen and oxygen atoms in total.